The fourth-order valence-electron chi connectivity index (χ4n) is 2.70. The summed E-state index contributed by atoms with van der Waals surface area (Å²) in [6.45, 7) is 4.10. The molecular formula is C21H25N5O4S. The molecule has 0 saturated carbocycles. The zero-order valence-electron chi connectivity index (χ0n) is 17.9. The van der Waals surface area contributed by atoms with Gasteiger partial charge in [-0.2, -0.15) is 5.26 Å². The van der Waals surface area contributed by atoms with Gasteiger partial charge in [0.1, 0.15) is 15.3 Å². The van der Waals surface area contributed by atoms with E-state index in [9.17, 15) is 19.6 Å². The molecule has 2 rings (SSSR count). The number of aromatic nitrogens is 1. The second-order valence-corrected chi connectivity index (χ2v) is 7.71. The molecule has 0 spiro atoms. The van der Waals surface area contributed by atoms with Crippen molar-refractivity contribution in [1.82, 2.24) is 9.47 Å². The van der Waals surface area contributed by atoms with Crippen LogP contribution in [0.1, 0.15) is 13.8 Å². The van der Waals surface area contributed by atoms with Crippen LogP contribution in [0.15, 0.2) is 29.1 Å². The summed E-state index contributed by atoms with van der Waals surface area (Å²) in [7, 11) is 3.62. The normalized spacial score (nSPS) is 12.3. The number of nitrogens with one attached hydrogen (secondary N) is 2. The highest BCUT2D eigenvalue weighted by atomic mass is 32.1. The number of nitrogens with zero attached hydrogens (tertiary/aromatic N) is 3. The number of anilines is 2. The smallest absolute Gasteiger partial charge is 0.351 e. The minimum atomic E-state index is -0.755. The van der Waals surface area contributed by atoms with Crippen molar-refractivity contribution in [2.24, 2.45) is 0 Å². The minimum Gasteiger partial charge on any atom is -0.462 e. The van der Waals surface area contributed by atoms with Crippen LogP contribution in [0.3, 0.4) is 0 Å². The number of carbonyl (C=O) groups is 2. The number of benzene rings is 1. The van der Waals surface area contributed by atoms with E-state index in [2.05, 4.69) is 10.6 Å². The number of thiazole rings is 1. The fraction of sp³-hybridized carbons (Fsp3) is 0.333. The maximum atomic E-state index is 12.7. The first-order valence-corrected chi connectivity index (χ1v) is 10.4. The Labute approximate surface area is 183 Å². The summed E-state index contributed by atoms with van der Waals surface area (Å²) >= 11 is 1.04. The van der Waals surface area contributed by atoms with Gasteiger partial charge in [-0.15, -0.1) is 11.3 Å². The lowest BCUT2D eigenvalue weighted by Gasteiger charge is -2.10. The van der Waals surface area contributed by atoms with Crippen molar-refractivity contribution >= 4 is 46.4 Å². The minimum absolute atomic E-state index is 0.133. The molecule has 10 heteroatoms. The summed E-state index contributed by atoms with van der Waals surface area (Å²) in [5.74, 6) is -0.896. The van der Waals surface area contributed by atoms with E-state index in [0.717, 1.165) is 11.3 Å². The molecule has 0 bridgehead atoms. The monoisotopic (exact) mass is 443 g/mol. The number of amides is 1. The van der Waals surface area contributed by atoms with Gasteiger partial charge in [-0.25, -0.2) is 4.79 Å². The Kier molecular flexibility index (Phi) is 8.54. The third-order valence-corrected chi connectivity index (χ3v) is 5.14. The van der Waals surface area contributed by atoms with Crippen molar-refractivity contribution in [1.29, 1.82) is 5.26 Å². The fourth-order valence-corrected chi connectivity index (χ4v) is 3.78. The Morgan fingerprint density at radius 1 is 1.29 bits per heavy atom. The summed E-state index contributed by atoms with van der Waals surface area (Å²) in [5, 5.41) is 15.2. The summed E-state index contributed by atoms with van der Waals surface area (Å²) in [6, 6.07) is 8.91. The molecule has 0 unspecified atom stereocenters. The number of likely N-dealkylation sites (N-methyl/N-ethyl adjacent to an activating group) is 1. The van der Waals surface area contributed by atoms with Crippen LogP contribution in [-0.2, 0) is 20.9 Å². The summed E-state index contributed by atoms with van der Waals surface area (Å²) < 4.78 is 6.88. The lowest BCUT2D eigenvalue weighted by atomic mass is 10.2. The number of hydrogen-bond donors (Lipinski definition) is 2. The average molecular weight is 444 g/mol. The van der Waals surface area contributed by atoms with Gasteiger partial charge in [-0.3, -0.25) is 14.2 Å². The van der Waals surface area contributed by atoms with Crippen molar-refractivity contribution < 1.29 is 14.3 Å². The Balaban J connectivity index is 2.38. The van der Waals surface area contributed by atoms with Crippen LogP contribution in [0.2, 0.25) is 0 Å². The van der Waals surface area contributed by atoms with E-state index in [4.69, 9.17) is 4.74 Å². The van der Waals surface area contributed by atoms with Gasteiger partial charge in [-0.05, 0) is 46.1 Å². The Morgan fingerprint density at radius 3 is 2.61 bits per heavy atom. The average Bonchev–Trinajstić information content (AvgIpc) is 3.02. The Hall–Kier alpha value is -3.42. The van der Waals surface area contributed by atoms with E-state index in [1.54, 1.807) is 43.0 Å². The highest BCUT2D eigenvalue weighted by molar-refractivity contribution is 7.07. The largest absolute Gasteiger partial charge is 0.462 e. The van der Waals surface area contributed by atoms with Gasteiger partial charge in [0, 0.05) is 24.1 Å². The molecule has 2 aromatic rings. The second kappa shape index (κ2) is 11.1. The van der Waals surface area contributed by atoms with Gasteiger partial charge in [0.15, 0.2) is 5.57 Å². The van der Waals surface area contributed by atoms with E-state index in [0.29, 0.717) is 22.5 Å². The quantitative estimate of drug-likeness (QED) is 0.571. The lowest BCUT2D eigenvalue weighted by Crippen LogP contribution is -2.32. The van der Waals surface area contributed by atoms with Gasteiger partial charge < -0.3 is 20.3 Å². The third kappa shape index (κ3) is 6.28. The third-order valence-electron chi connectivity index (χ3n) is 4.01. The second-order valence-electron chi connectivity index (χ2n) is 6.68. The molecule has 0 aliphatic carbocycles. The Bertz CT molecular complexity index is 1170. The molecule has 1 amide bonds. The molecule has 9 nitrogen and oxygen atoms in total. The molecule has 0 fully saturated rings. The van der Waals surface area contributed by atoms with Crippen LogP contribution in [0.4, 0.5) is 11.4 Å². The molecule has 0 aliphatic rings. The van der Waals surface area contributed by atoms with Crippen LogP contribution in [-0.4, -0.2) is 48.6 Å². The van der Waals surface area contributed by atoms with Crippen LogP contribution < -0.4 is 25.4 Å². The van der Waals surface area contributed by atoms with E-state index in [1.165, 1.54) is 10.8 Å². The first kappa shape index (κ1) is 23.9. The molecule has 1 heterocycles. The first-order valence-electron chi connectivity index (χ1n) is 9.63. The molecule has 31 heavy (non-hydrogen) atoms. The topological polar surface area (TPSA) is 116 Å². The number of esters is 1. The van der Waals surface area contributed by atoms with E-state index >= 15 is 0 Å². The zero-order valence-corrected chi connectivity index (χ0v) is 18.7. The highest BCUT2D eigenvalue weighted by Gasteiger charge is 2.16. The molecule has 1 aromatic carbocycles. The molecule has 0 atom stereocenters. The maximum absolute atomic E-state index is 12.7. The summed E-state index contributed by atoms with van der Waals surface area (Å²) in [5.41, 5.74) is 0.763. The summed E-state index contributed by atoms with van der Waals surface area (Å²) in [4.78, 5) is 38.5. The predicted molar refractivity (Wildman–Crippen MR) is 121 cm³/mol. The van der Waals surface area contributed by atoms with Gasteiger partial charge in [0.05, 0.1) is 13.2 Å². The predicted octanol–water partition coefficient (Wildman–Crippen LogP) is 0.517. The van der Waals surface area contributed by atoms with Crippen LogP contribution >= 0.6 is 11.3 Å². The van der Waals surface area contributed by atoms with Crippen molar-refractivity contribution in [2.75, 3.05) is 37.9 Å². The van der Waals surface area contributed by atoms with E-state index in [1.807, 2.05) is 20.2 Å². The van der Waals surface area contributed by atoms with Crippen molar-refractivity contribution in [2.45, 2.75) is 20.4 Å². The van der Waals surface area contributed by atoms with Gasteiger partial charge >= 0.3 is 5.97 Å². The molecule has 1 aromatic heterocycles. The van der Waals surface area contributed by atoms with Gasteiger partial charge in [-0.1, -0.05) is 6.07 Å². The molecule has 164 valence electrons. The number of carbonyl (C=O) groups excluding carboxylic acids is 2. The molecule has 2 N–H and O–H groups in total. The van der Waals surface area contributed by atoms with Gasteiger partial charge in [0.25, 0.3) is 5.56 Å². The van der Waals surface area contributed by atoms with Gasteiger partial charge in [0.2, 0.25) is 5.91 Å². The molecular weight excluding hydrogens is 418 g/mol. The molecule has 0 saturated heterocycles. The lowest BCUT2D eigenvalue weighted by molar-refractivity contribution is -0.136. The maximum Gasteiger partial charge on any atom is 0.351 e. The number of nitriles is 1. The summed E-state index contributed by atoms with van der Waals surface area (Å²) in [6.07, 6.45) is 1.52. The highest BCUT2D eigenvalue weighted by Crippen LogP contribution is 2.15. The van der Waals surface area contributed by atoms with E-state index < -0.39 is 5.97 Å². The SMILES string of the molecule is CCOC(=O)/C(C#N)=c1\s/c(=C/Nc2cccc(NC(=O)CN(C)C)c2)c(=O)n1CC. The molecule has 0 aliphatic heterocycles. The first-order chi connectivity index (χ1) is 14.8. The number of ether oxygens (including phenoxy) is 1. The van der Waals surface area contributed by atoms with Crippen LogP contribution in [0, 0.1) is 11.3 Å². The van der Waals surface area contributed by atoms with E-state index in [-0.39, 0.29) is 34.9 Å². The number of rotatable bonds is 8. The molecule has 0 radical (unpaired) electrons. The Morgan fingerprint density at radius 2 is 2.00 bits per heavy atom. The zero-order chi connectivity index (χ0) is 23.0. The van der Waals surface area contributed by atoms with Crippen LogP contribution in [0.25, 0.3) is 11.8 Å². The number of hydrogen-bond acceptors (Lipinski definition) is 8. The van der Waals surface area contributed by atoms with Crippen molar-refractivity contribution in [3.63, 3.8) is 0 Å². The standard InChI is InChI=1S/C21H25N5O4S/c1-5-26-19(28)17(31-20(26)16(11-22)21(29)30-6-2)12-23-14-8-7-9-15(10-14)24-18(27)13-25(3)4/h7-10,12,23H,5-6,13H2,1-4H3,(H,24,27)/b17-12+,20-16-. The van der Waals surface area contributed by atoms with Crippen molar-refractivity contribution in [3.8, 4) is 6.07 Å². The van der Waals surface area contributed by atoms with Crippen LogP contribution in [0.5, 0.6) is 0 Å². The van der Waals surface area contributed by atoms with Crippen molar-refractivity contribution in [3.05, 3.63) is 43.8 Å².